The van der Waals surface area contributed by atoms with Crippen LogP contribution in [0, 0.1) is 0 Å². The van der Waals surface area contributed by atoms with Gasteiger partial charge in [-0.05, 0) is 18.2 Å². The third-order valence-electron chi connectivity index (χ3n) is 3.79. The Kier molecular flexibility index (Phi) is 3.79. The summed E-state index contributed by atoms with van der Waals surface area (Å²) in [6, 6.07) is 5.64. The highest BCUT2D eigenvalue weighted by Crippen LogP contribution is 2.24. The highest BCUT2D eigenvalue weighted by atomic mass is 16.7. The van der Waals surface area contributed by atoms with Crippen molar-refractivity contribution in [1.29, 1.82) is 0 Å². The second-order valence-electron chi connectivity index (χ2n) is 6.03. The summed E-state index contributed by atoms with van der Waals surface area (Å²) in [6.45, 7) is 5.06. The summed E-state index contributed by atoms with van der Waals surface area (Å²) >= 11 is 0. The van der Waals surface area contributed by atoms with E-state index >= 15 is 0 Å². The number of cyclic esters (lactones) is 2. The number of rotatable bonds is 3. The van der Waals surface area contributed by atoms with Crippen LogP contribution >= 0.6 is 0 Å². The molecule has 0 saturated carbocycles. The molecule has 7 nitrogen and oxygen atoms in total. The smallest absolute Gasteiger partial charge is 0.350 e. The Morgan fingerprint density at radius 3 is 2.54 bits per heavy atom. The minimum absolute atomic E-state index is 0.176. The summed E-state index contributed by atoms with van der Waals surface area (Å²) in [5.41, 5.74) is 2.39. The molecule has 1 aromatic carbocycles. The number of imidazole rings is 1. The van der Waals surface area contributed by atoms with E-state index in [0.717, 1.165) is 23.3 Å². The molecule has 3 rings (SSSR count). The maximum atomic E-state index is 11.9. The molecule has 1 N–H and O–H groups in total. The first-order valence-corrected chi connectivity index (χ1v) is 7.69. The van der Waals surface area contributed by atoms with Crippen LogP contribution in [0.1, 0.15) is 26.6 Å². The van der Waals surface area contributed by atoms with Crippen LogP contribution in [0.25, 0.3) is 11.0 Å². The fraction of sp³-hybridized carbons (Fsp3) is 0.353. The molecule has 0 unspecified atom stereocenters. The van der Waals surface area contributed by atoms with Crippen molar-refractivity contribution < 1.29 is 19.1 Å². The second kappa shape index (κ2) is 5.67. The van der Waals surface area contributed by atoms with Gasteiger partial charge in [-0.15, -0.1) is 0 Å². The number of fused-ring (bicyclic) bond motifs is 1. The van der Waals surface area contributed by atoms with E-state index in [4.69, 9.17) is 9.47 Å². The first-order valence-electron chi connectivity index (χ1n) is 7.69. The quantitative estimate of drug-likeness (QED) is 0.528. The second-order valence-corrected chi connectivity index (χ2v) is 6.03. The van der Waals surface area contributed by atoms with Crippen molar-refractivity contribution in [1.82, 2.24) is 9.55 Å². The summed E-state index contributed by atoms with van der Waals surface area (Å²) in [5.74, 6) is -1.68. The zero-order valence-corrected chi connectivity index (χ0v) is 14.0. The molecule has 1 aliphatic rings. The van der Waals surface area contributed by atoms with Gasteiger partial charge < -0.3 is 19.4 Å². The number of hydrogen-bond donors (Lipinski definition) is 1. The van der Waals surface area contributed by atoms with Crippen molar-refractivity contribution in [3.63, 3.8) is 0 Å². The Hall–Kier alpha value is -2.83. The number of anilines is 1. The van der Waals surface area contributed by atoms with E-state index in [-0.39, 0.29) is 5.57 Å². The molecule has 0 amide bonds. The van der Waals surface area contributed by atoms with Crippen molar-refractivity contribution in [2.24, 2.45) is 7.05 Å². The zero-order valence-electron chi connectivity index (χ0n) is 14.0. The average molecular weight is 329 g/mol. The topological polar surface area (TPSA) is 82.5 Å². The lowest BCUT2D eigenvalue weighted by atomic mass is 10.2. The van der Waals surface area contributed by atoms with Gasteiger partial charge in [-0.25, -0.2) is 14.6 Å². The van der Waals surface area contributed by atoms with Gasteiger partial charge in [-0.3, -0.25) is 0 Å². The Labute approximate surface area is 139 Å². The number of nitrogens with one attached hydrogen (secondary N) is 1. The van der Waals surface area contributed by atoms with Crippen molar-refractivity contribution >= 4 is 28.7 Å². The molecule has 126 valence electrons. The molecular weight excluding hydrogens is 310 g/mol. The molecule has 1 saturated heterocycles. The van der Waals surface area contributed by atoms with Gasteiger partial charge in [0.25, 0.3) is 5.79 Å². The van der Waals surface area contributed by atoms with Gasteiger partial charge in [0.2, 0.25) is 0 Å². The largest absolute Gasteiger partial charge is 0.419 e. The Balaban J connectivity index is 1.85. The van der Waals surface area contributed by atoms with Gasteiger partial charge in [0.05, 0.1) is 11.0 Å². The van der Waals surface area contributed by atoms with Crippen LogP contribution in [0.15, 0.2) is 30.0 Å². The Morgan fingerprint density at radius 2 is 1.92 bits per heavy atom. The van der Waals surface area contributed by atoms with Gasteiger partial charge in [0.15, 0.2) is 5.57 Å². The van der Waals surface area contributed by atoms with E-state index in [1.165, 1.54) is 20.0 Å². The molecule has 24 heavy (non-hydrogen) atoms. The van der Waals surface area contributed by atoms with Crippen molar-refractivity contribution in [2.45, 2.75) is 33.0 Å². The summed E-state index contributed by atoms with van der Waals surface area (Å²) in [4.78, 5) is 28.3. The van der Waals surface area contributed by atoms with Gasteiger partial charge in [0, 0.05) is 39.2 Å². The van der Waals surface area contributed by atoms with Crippen LogP contribution in [-0.2, 0) is 32.5 Å². The Morgan fingerprint density at radius 1 is 1.25 bits per heavy atom. The highest BCUT2D eigenvalue weighted by Gasteiger charge is 2.38. The third-order valence-corrected chi connectivity index (χ3v) is 3.79. The molecule has 2 aromatic rings. The number of carbonyl (C=O) groups is 2. The first-order chi connectivity index (χ1) is 11.3. The van der Waals surface area contributed by atoms with Crippen LogP contribution in [0.2, 0.25) is 0 Å². The van der Waals surface area contributed by atoms with E-state index in [9.17, 15) is 9.59 Å². The van der Waals surface area contributed by atoms with E-state index in [1.807, 2.05) is 36.7 Å². The summed E-state index contributed by atoms with van der Waals surface area (Å²) in [5, 5.41) is 2.93. The van der Waals surface area contributed by atoms with E-state index in [1.54, 1.807) is 0 Å². The summed E-state index contributed by atoms with van der Waals surface area (Å²) in [7, 11) is 1.97. The van der Waals surface area contributed by atoms with Crippen molar-refractivity contribution in [3.8, 4) is 0 Å². The minimum Gasteiger partial charge on any atom is -0.419 e. The molecule has 7 heteroatoms. The number of esters is 2. The Bertz CT molecular complexity index is 842. The average Bonchev–Trinajstić information content (AvgIpc) is 2.81. The molecule has 0 atom stereocenters. The summed E-state index contributed by atoms with van der Waals surface area (Å²) < 4.78 is 12.1. The van der Waals surface area contributed by atoms with Crippen molar-refractivity contribution in [3.05, 3.63) is 35.8 Å². The van der Waals surface area contributed by atoms with Crippen LogP contribution in [-0.4, -0.2) is 27.3 Å². The number of aromatic nitrogens is 2. The van der Waals surface area contributed by atoms with Gasteiger partial charge in [-0.2, -0.15) is 0 Å². The van der Waals surface area contributed by atoms with Crippen LogP contribution in [0.5, 0.6) is 0 Å². The lowest BCUT2D eigenvalue weighted by Crippen LogP contribution is -2.42. The van der Waals surface area contributed by atoms with Gasteiger partial charge in [0.1, 0.15) is 5.82 Å². The predicted octanol–water partition coefficient (Wildman–Crippen LogP) is 2.27. The fourth-order valence-corrected chi connectivity index (χ4v) is 2.59. The number of benzene rings is 1. The molecule has 0 spiro atoms. The fourth-order valence-electron chi connectivity index (χ4n) is 2.59. The number of hydrogen-bond acceptors (Lipinski definition) is 6. The standard InChI is InChI=1S/C17H19N3O4/c1-5-14-19-12-8-10(6-7-13(12)20(14)4)18-9-11-15(21)23-17(2,3)24-16(11)22/h6-9,18H,5H2,1-4H3. The SMILES string of the molecule is CCc1nc2cc(NC=C3C(=O)OC(C)(C)OC3=O)ccc2n1C. The first kappa shape index (κ1) is 16.0. The van der Waals surface area contributed by atoms with Crippen LogP contribution in [0.4, 0.5) is 5.69 Å². The number of nitrogens with zero attached hydrogens (tertiary/aromatic N) is 2. The lowest BCUT2D eigenvalue weighted by molar-refractivity contribution is -0.222. The van der Waals surface area contributed by atoms with Crippen LogP contribution in [0.3, 0.4) is 0 Å². The van der Waals surface area contributed by atoms with Gasteiger partial charge >= 0.3 is 11.9 Å². The minimum atomic E-state index is -1.24. The highest BCUT2D eigenvalue weighted by molar-refractivity contribution is 6.15. The molecule has 2 heterocycles. The predicted molar refractivity (Wildman–Crippen MR) is 88.1 cm³/mol. The maximum Gasteiger partial charge on any atom is 0.350 e. The lowest BCUT2D eigenvalue weighted by Gasteiger charge is -2.29. The molecule has 0 radical (unpaired) electrons. The van der Waals surface area contributed by atoms with E-state index in [0.29, 0.717) is 5.69 Å². The monoisotopic (exact) mass is 329 g/mol. The molecule has 0 aliphatic carbocycles. The van der Waals surface area contributed by atoms with Gasteiger partial charge in [-0.1, -0.05) is 6.92 Å². The molecule has 1 fully saturated rings. The molecule has 1 aromatic heterocycles. The van der Waals surface area contributed by atoms with E-state index < -0.39 is 17.7 Å². The number of ether oxygens (including phenoxy) is 2. The molecular formula is C17H19N3O4. The molecule has 1 aliphatic heterocycles. The maximum absolute atomic E-state index is 11.9. The third kappa shape index (κ3) is 2.84. The van der Waals surface area contributed by atoms with Crippen molar-refractivity contribution in [2.75, 3.05) is 5.32 Å². The number of carbonyl (C=O) groups excluding carboxylic acids is 2. The summed E-state index contributed by atoms with van der Waals surface area (Å²) in [6.07, 6.45) is 2.14. The zero-order chi connectivity index (χ0) is 17.5. The van der Waals surface area contributed by atoms with Crippen LogP contribution < -0.4 is 5.32 Å². The van der Waals surface area contributed by atoms with E-state index in [2.05, 4.69) is 10.3 Å². The number of aryl methyl sites for hydroxylation is 2. The normalized spacial score (nSPS) is 16.8. The molecule has 0 bridgehead atoms.